The predicted octanol–water partition coefficient (Wildman–Crippen LogP) is 4.22. The van der Waals surface area contributed by atoms with Crippen LogP contribution in [0.5, 0.6) is 0 Å². The summed E-state index contributed by atoms with van der Waals surface area (Å²) in [7, 11) is 4.24. The SMILES string of the molecule is CCCCCCN(CCCc1cnc(C)n1C)CCCc1cnc(C)n1C. The fourth-order valence-electron chi connectivity index (χ4n) is 3.63. The summed E-state index contributed by atoms with van der Waals surface area (Å²) in [4.78, 5) is 11.5. The van der Waals surface area contributed by atoms with Crippen LogP contribution in [-0.4, -0.2) is 43.6 Å². The van der Waals surface area contributed by atoms with Crippen LogP contribution in [0.25, 0.3) is 0 Å². The maximum absolute atomic E-state index is 4.42. The van der Waals surface area contributed by atoms with Gasteiger partial charge in [-0.3, -0.25) is 0 Å². The maximum Gasteiger partial charge on any atom is 0.105 e. The Morgan fingerprint density at radius 3 is 1.63 bits per heavy atom. The zero-order valence-electron chi connectivity index (χ0n) is 18.2. The Hall–Kier alpha value is -1.62. The molecule has 0 aliphatic heterocycles. The van der Waals surface area contributed by atoms with Crippen LogP contribution in [0.15, 0.2) is 12.4 Å². The van der Waals surface area contributed by atoms with Gasteiger partial charge in [-0.25, -0.2) is 9.97 Å². The number of nitrogens with zero attached hydrogens (tertiary/aromatic N) is 5. The van der Waals surface area contributed by atoms with Crippen molar-refractivity contribution in [3.63, 3.8) is 0 Å². The van der Waals surface area contributed by atoms with Gasteiger partial charge in [-0.15, -0.1) is 0 Å². The summed E-state index contributed by atoms with van der Waals surface area (Å²) in [5, 5.41) is 0. The monoisotopic (exact) mass is 373 g/mol. The Kier molecular flexibility index (Phi) is 9.05. The number of hydrogen-bond donors (Lipinski definition) is 0. The van der Waals surface area contributed by atoms with Crippen molar-refractivity contribution in [3.8, 4) is 0 Å². The van der Waals surface area contributed by atoms with Gasteiger partial charge in [0.2, 0.25) is 0 Å². The first-order chi connectivity index (χ1) is 13.0. The Balaban J connectivity index is 1.78. The summed E-state index contributed by atoms with van der Waals surface area (Å²) < 4.78 is 4.44. The van der Waals surface area contributed by atoms with Gasteiger partial charge in [0.15, 0.2) is 0 Å². The first-order valence-electron chi connectivity index (χ1n) is 10.7. The lowest BCUT2D eigenvalue weighted by atomic mass is 10.1. The fraction of sp³-hybridized carbons (Fsp3) is 0.727. The molecule has 0 spiro atoms. The zero-order chi connectivity index (χ0) is 19.6. The average molecular weight is 374 g/mol. The minimum Gasteiger partial charge on any atom is -0.335 e. The Labute approximate surface area is 165 Å². The molecule has 2 aromatic heterocycles. The molecule has 152 valence electrons. The van der Waals surface area contributed by atoms with Crippen LogP contribution < -0.4 is 0 Å². The van der Waals surface area contributed by atoms with Crippen LogP contribution in [0.1, 0.15) is 68.5 Å². The van der Waals surface area contributed by atoms with Crippen molar-refractivity contribution in [1.29, 1.82) is 0 Å². The third-order valence-electron chi connectivity index (χ3n) is 5.78. The van der Waals surface area contributed by atoms with Gasteiger partial charge in [0.25, 0.3) is 0 Å². The quantitative estimate of drug-likeness (QED) is 0.494. The van der Waals surface area contributed by atoms with Gasteiger partial charge >= 0.3 is 0 Å². The van der Waals surface area contributed by atoms with Gasteiger partial charge in [-0.2, -0.15) is 0 Å². The van der Waals surface area contributed by atoms with E-state index in [0.29, 0.717) is 0 Å². The molecular weight excluding hydrogens is 334 g/mol. The van der Waals surface area contributed by atoms with E-state index in [9.17, 15) is 0 Å². The molecule has 2 aromatic rings. The second-order valence-corrected chi connectivity index (χ2v) is 7.82. The average Bonchev–Trinajstić information content (AvgIpc) is 3.15. The van der Waals surface area contributed by atoms with E-state index >= 15 is 0 Å². The summed E-state index contributed by atoms with van der Waals surface area (Å²) in [5.41, 5.74) is 2.70. The maximum atomic E-state index is 4.42. The smallest absolute Gasteiger partial charge is 0.105 e. The summed E-state index contributed by atoms with van der Waals surface area (Å²) in [6.45, 7) is 10.0. The molecule has 0 amide bonds. The second kappa shape index (κ2) is 11.3. The number of unbranched alkanes of at least 4 members (excludes halogenated alkanes) is 3. The van der Waals surface area contributed by atoms with Crippen LogP contribution in [-0.2, 0) is 26.9 Å². The standard InChI is InChI=1S/C22H39N5/c1-6-7-8-9-14-27(15-10-12-21-17-23-19(2)25(21)4)16-11-13-22-18-24-20(3)26(22)5/h17-18H,6-16H2,1-5H3. The highest BCUT2D eigenvalue weighted by Gasteiger charge is 2.09. The van der Waals surface area contributed by atoms with Gasteiger partial charge in [0.1, 0.15) is 11.6 Å². The molecule has 27 heavy (non-hydrogen) atoms. The number of rotatable bonds is 13. The Morgan fingerprint density at radius 1 is 0.741 bits per heavy atom. The lowest BCUT2D eigenvalue weighted by Crippen LogP contribution is -2.28. The normalized spacial score (nSPS) is 11.6. The van der Waals surface area contributed by atoms with E-state index in [1.54, 1.807) is 0 Å². The molecule has 0 atom stereocenters. The fourth-order valence-corrected chi connectivity index (χ4v) is 3.63. The van der Waals surface area contributed by atoms with Crippen molar-refractivity contribution in [3.05, 3.63) is 35.4 Å². The lowest BCUT2D eigenvalue weighted by molar-refractivity contribution is 0.260. The van der Waals surface area contributed by atoms with Crippen LogP contribution >= 0.6 is 0 Å². The minimum absolute atomic E-state index is 1.10. The van der Waals surface area contributed by atoms with Crippen LogP contribution in [0.3, 0.4) is 0 Å². The molecule has 2 heterocycles. The van der Waals surface area contributed by atoms with E-state index < -0.39 is 0 Å². The highest BCUT2D eigenvalue weighted by molar-refractivity contribution is 5.04. The molecule has 0 N–H and O–H groups in total. The third kappa shape index (κ3) is 6.80. The lowest BCUT2D eigenvalue weighted by Gasteiger charge is -2.22. The van der Waals surface area contributed by atoms with Gasteiger partial charge in [0, 0.05) is 37.9 Å². The first-order valence-corrected chi connectivity index (χ1v) is 10.7. The highest BCUT2D eigenvalue weighted by atomic mass is 15.1. The van der Waals surface area contributed by atoms with Crippen molar-refractivity contribution in [2.24, 2.45) is 14.1 Å². The molecule has 0 aliphatic rings. The second-order valence-electron chi connectivity index (χ2n) is 7.82. The predicted molar refractivity (Wildman–Crippen MR) is 113 cm³/mol. The molecule has 5 heteroatoms. The highest BCUT2D eigenvalue weighted by Crippen LogP contribution is 2.10. The summed E-state index contributed by atoms with van der Waals surface area (Å²) in [5.74, 6) is 2.21. The first kappa shape index (κ1) is 21.7. The number of aryl methyl sites for hydroxylation is 4. The summed E-state index contributed by atoms with van der Waals surface area (Å²) in [6.07, 6.45) is 14.0. The number of aromatic nitrogens is 4. The van der Waals surface area contributed by atoms with Gasteiger partial charge in [-0.05, 0) is 65.6 Å². The van der Waals surface area contributed by atoms with E-state index in [4.69, 9.17) is 0 Å². The van der Waals surface area contributed by atoms with E-state index in [-0.39, 0.29) is 0 Å². The van der Waals surface area contributed by atoms with Crippen molar-refractivity contribution in [1.82, 2.24) is 24.0 Å². The largest absolute Gasteiger partial charge is 0.335 e. The zero-order valence-corrected chi connectivity index (χ0v) is 18.2. The van der Waals surface area contributed by atoms with Gasteiger partial charge < -0.3 is 14.0 Å². The molecule has 0 aliphatic carbocycles. The molecule has 0 radical (unpaired) electrons. The van der Waals surface area contributed by atoms with Gasteiger partial charge in [-0.1, -0.05) is 26.2 Å². The Bertz CT molecular complexity index is 618. The topological polar surface area (TPSA) is 38.9 Å². The van der Waals surface area contributed by atoms with Crippen LogP contribution in [0, 0.1) is 13.8 Å². The minimum atomic E-state index is 1.10. The number of imidazole rings is 2. The van der Waals surface area contributed by atoms with Crippen LogP contribution in [0.4, 0.5) is 0 Å². The van der Waals surface area contributed by atoms with E-state index in [2.05, 4.69) is 58.9 Å². The Morgan fingerprint density at radius 2 is 1.22 bits per heavy atom. The van der Waals surface area contributed by atoms with E-state index in [0.717, 1.165) is 24.5 Å². The molecule has 0 aromatic carbocycles. The molecule has 0 bridgehead atoms. The molecule has 0 saturated heterocycles. The van der Waals surface area contributed by atoms with Gasteiger partial charge in [0.05, 0.1) is 0 Å². The molecule has 0 unspecified atom stereocenters. The van der Waals surface area contributed by atoms with Crippen LogP contribution in [0.2, 0.25) is 0 Å². The molecule has 0 fully saturated rings. The van der Waals surface area contributed by atoms with Crippen molar-refractivity contribution in [2.75, 3.05) is 19.6 Å². The summed E-state index contributed by atoms with van der Waals surface area (Å²) >= 11 is 0. The third-order valence-corrected chi connectivity index (χ3v) is 5.78. The molecular formula is C22H39N5. The van der Waals surface area contributed by atoms with Crippen molar-refractivity contribution < 1.29 is 0 Å². The van der Waals surface area contributed by atoms with Crippen molar-refractivity contribution >= 4 is 0 Å². The van der Waals surface area contributed by atoms with Crippen molar-refractivity contribution in [2.45, 2.75) is 72.1 Å². The van der Waals surface area contributed by atoms with E-state index in [1.165, 1.54) is 69.5 Å². The van der Waals surface area contributed by atoms with E-state index in [1.807, 2.05) is 12.4 Å². The number of hydrogen-bond acceptors (Lipinski definition) is 3. The molecule has 2 rings (SSSR count). The molecule has 5 nitrogen and oxygen atoms in total. The summed E-state index contributed by atoms with van der Waals surface area (Å²) in [6, 6.07) is 0. The molecule has 0 saturated carbocycles.